The van der Waals surface area contributed by atoms with E-state index in [0.717, 1.165) is 14.7 Å². The summed E-state index contributed by atoms with van der Waals surface area (Å²) in [7, 11) is 0. The molecule has 0 atom stereocenters. The van der Waals surface area contributed by atoms with E-state index in [2.05, 4.69) is 34.7 Å². The summed E-state index contributed by atoms with van der Waals surface area (Å²) in [5, 5.41) is 28.0. The lowest BCUT2D eigenvalue weighted by Crippen LogP contribution is -2.03. The van der Waals surface area contributed by atoms with Gasteiger partial charge in [-0.15, -0.1) is 0 Å². The molecule has 1 N–H and O–H groups in total. The van der Waals surface area contributed by atoms with Crippen LogP contribution in [0.1, 0.15) is 39.5 Å². The number of ether oxygens (including phenoxy) is 2. The lowest BCUT2D eigenvalue weighted by Gasteiger charge is -2.15. The first-order valence-electron chi connectivity index (χ1n) is 9.99. The summed E-state index contributed by atoms with van der Waals surface area (Å²) in [6.45, 7) is 2.51. The van der Waals surface area contributed by atoms with Crippen LogP contribution in [0.4, 0.5) is 0 Å². The molecule has 3 aromatic carbocycles. The molecule has 0 aromatic heterocycles. The van der Waals surface area contributed by atoms with E-state index in [0.29, 0.717) is 34.8 Å². The summed E-state index contributed by atoms with van der Waals surface area (Å²) in [6.07, 6.45) is 1.72. The van der Waals surface area contributed by atoms with Crippen LogP contribution in [0.15, 0.2) is 60.7 Å². The number of rotatable bonds is 8. The van der Waals surface area contributed by atoms with Gasteiger partial charge in [-0.2, -0.15) is 10.5 Å². The molecule has 0 heterocycles. The molecule has 0 unspecified atom stereocenters. The molecule has 0 amide bonds. The van der Waals surface area contributed by atoms with Crippen LogP contribution in [-0.4, -0.2) is 17.7 Å². The number of allylic oxidation sites excluding steroid dienone is 1. The minimum atomic E-state index is -1.02. The number of halogens is 1. The number of aromatic carboxylic acids is 1. The maximum absolute atomic E-state index is 11.1. The molecule has 0 bridgehead atoms. The molecule has 0 spiro atoms. The molecule has 0 aliphatic carbocycles. The molecular weight excluding hydrogens is 531 g/mol. The van der Waals surface area contributed by atoms with Crippen molar-refractivity contribution < 1.29 is 19.4 Å². The lowest BCUT2D eigenvalue weighted by molar-refractivity contribution is 0.0697. The smallest absolute Gasteiger partial charge is 0.335 e. The Balaban J connectivity index is 1.93. The number of hydrogen-bond donors (Lipinski definition) is 1. The van der Waals surface area contributed by atoms with Crippen molar-refractivity contribution in [3.8, 4) is 23.6 Å². The summed E-state index contributed by atoms with van der Waals surface area (Å²) >= 11 is 2.15. The van der Waals surface area contributed by atoms with Crippen molar-refractivity contribution in [2.75, 3.05) is 6.61 Å². The average Bonchev–Trinajstić information content (AvgIpc) is 2.82. The zero-order valence-electron chi connectivity index (χ0n) is 17.7. The molecule has 0 saturated carbocycles. The van der Waals surface area contributed by atoms with Gasteiger partial charge >= 0.3 is 5.97 Å². The van der Waals surface area contributed by atoms with Crippen LogP contribution in [0.25, 0.3) is 11.6 Å². The summed E-state index contributed by atoms with van der Waals surface area (Å²) in [5.74, 6) is 0.0724. The number of carbonyl (C=O) groups is 1. The molecule has 6 nitrogen and oxygen atoms in total. The predicted octanol–water partition coefficient (Wildman–Crippen LogP) is 5.90. The van der Waals surface area contributed by atoms with Gasteiger partial charge in [0.15, 0.2) is 11.5 Å². The third-order valence-electron chi connectivity index (χ3n) is 4.72. The Morgan fingerprint density at radius 2 is 1.76 bits per heavy atom. The zero-order chi connectivity index (χ0) is 23.8. The first-order chi connectivity index (χ1) is 16.0. The molecule has 164 valence electrons. The topological polar surface area (TPSA) is 103 Å². The van der Waals surface area contributed by atoms with E-state index in [1.165, 1.54) is 12.1 Å². The summed E-state index contributed by atoms with van der Waals surface area (Å²) in [4.78, 5) is 11.1. The molecule has 0 aliphatic heterocycles. The third kappa shape index (κ3) is 5.91. The standard InChI is InChI=1S/C26H19IN2O4/c1-2-32-24-13-17(11-22(15-29)18-7-9-19(10-8-18)26(30)31)12-23(27)25(24)33-16-21-6-4-3-5-20(21)14-28/h3-13H,2,16H2,1H3,(H,30,31)/b22-11-. The van der Waals surface area contributed by atoms with Gasteiger partial charge in [-0.25, -0.2) is 4.79 Å². The van der Waals surface area contributed by atoms with Gasteiger partial charge in [0.05, 0.1) is 39.0 Å². The summed E-state index contributed by atoms with van der Waals surface area (Å²) in [6, 6.07) is 21.4. The third-order valence-corrected chi connectivity index (χ3v) is 5.52. The van der Waals surface area contributed by atoms with Crippen molar-refractivity contribution in [1.29, 1.82) is 10.5 Å². The minimum Gasteiger partial charge on any atom is -0.490 e. The Morgan fingerprint density at radius 3 is 2.39 bits per heavy atom. The number of carboxylic acid groups (broad SMARTS) is 1. The predicted molar refractivity (Wildman–Crippen MR) is 133 cm³/mol. The quantitative estimate of drug-likeness (QED) is 0.213. The molecule has 7 heteroatoms. The fourth-order valence-electron chi connectivity index (χ4n) is 3.12. The first-order valence-corrected chi connectivity index (χ1v) is 11.1. The number of carboxylic acids is 1. The van der Waals surface area contributed by atoms with E-state index in [4.69, 9.17) is 14.6 Å². The van der Waals surface area contributed by atoms with Crippen LogP contribution in [0.5, 0.6) is 11.5 Å². The van der Waals surface area contributed by atoms with Gasteiger partial charge in [-0.1, -0.05) is 30.3 Å². The number of hydrogen-bond acceptors (Lipinski definition) is 5. The monoisotopic (exact) mass is 550 g/mol. The van der Waals surface area contributed by atoms with E-state index in [-0.39, 0.29) is 12.2 Å². The fraction of sp³-hybridized carbons (Fsp3) is 0.115. The average molecular weight is 550 g/mol. The van der Waals surface area contributed by atoms with Gasteiger partial charge in [-0.3, -0.25) is 0 Å². The van der Waals surface area contributed by atoms with Crippen LogP contribution in [0, 0.1) is 26.2 Å². The highest BCUT2D eigenvalue weighted by atomic mass is 127. The van der Waals surface area contributed by atoms with Crippen molar-refractivity contribution in [3.63, 3.8) is 0 Å². The van der Waals surface area contributed by atoms with Crippen molar-refractivity contribution in [2.24, 2.45) is 0 Å². The van der Waals surface area contributed by atoms with Crippen molar-refractivity contribution >= 4 is 40.2 Å². The van der Waals surface area contributed by atoms with Crippen molar-refractivity contribution in [2.45, 2.75) is 13.5 Å². The molecular formula is C26H19IN2O4. The Bertz CT molecular complexity index is 1290. The lowest BCUT2D eigenvalue weighted by atomic mass is 10.0. The molecule has 0 aliphatic rings. The first kappa shape index (κ1) is 23.8. The maximum atomic E-state index is 11.1. The molecule has 0 radical (unpaired) electrons. The Morgan fingerprint density at radius 1 is 1.06 bits per heavy atom. The highest BCUT2D eigenvalue weighted by Gasteiger charge is 2.14. The zero-order valence-corrected chi connectivity index (χ0v) is 19.9. The fourth-order valence-corrected chi connectivity index (χ4v) is 3.90. The van der Waals surface area contributed by atoms with Crippen LogP contribution < -0.4 is 9.47 Å². The SMILES string of the molecule is CCOc1cc(/C=C(/C#N)c2ccc(C(=O)O)cc2)cc(I)c1OCc1ccccc1C#N. The van der Waals surface area contributed by atoms with E-state index in [9.17, 15) is 15.3 Å². The van der Waals surface area contributed by atoms with E-state index < -0.39 is 5.97 Å². The van der Waals surface area contributed by atoms with Crippen molar-refractivity contribution in [3.05, 3.63) is 92.1 Å². The Hall–Kier alpha value is -3.82. The molecule has 3 aromatic rings. The second-order valence-electron chi connectivity index (χ2n) is 6.87. The van der Waals surface area contributed by atoms with Gasteiger partial charge in [-0.05, 0) is 77.0 Å². The Labute approximate surface area is 205 Å². The molecule has 0 fully saturated rings. The normalized spacial score (nSPS) is 10.7. The number of nitrogens with zero attached hydrogens (tertiary/aromatic N) is 2. The number of benzene rings is 3. The second kappa shape index (κ2) is 11.2. The van der Waals surface area contributed by atoms with Crippen LogP contribution in [0.2, 0.25) is 0 Å². The van der Waals surface area contributed by atoms with Crippen LogP contribution in [-0.2, 0) is 6.61 Å². The van der Waals surface area contributed by atoms with Gasteiger partial charge in [0.1, 0.15) is 6.61 Å². The van der Waals surface area contributed by atoms with E-state index in [1.807, 2.05) is 25.1 Å². The van der Waals surface area contributed by atoms with E-state index in [1.54, 1.807) is 36.4 Å². The summed E-state index contributed by atoms with van der Waals surface area (Å²) in [5.41, 5.74) is 3.23. The van der Waals surface area contributed by atoms with E-state index >= 15 is 0 Å². The molecule has 33 heavy (non-hydrogen) atoms. The van der Waals surface area contributed by atoms with Crippen LogP contribution in [0.3, 0.4) is 0 Å². The molecule has 3 rings (SSSR count). The Kier molecular flexibility index (Phi) is 8.06. The minimum absolute atomic E-state index is 0.156. The molecule has 0 saturated heterocycles. The van der Waals surface area contributed by atoms with Gasteiger partial charge in [0.2, 0.25) is 0 Å². The van der Waals surface area contributed by atoms with Gasteiger partial charge in [0, 0.05) is 5.56 Å². The maximum Gasteiger partial charge on any atom is 0.335 e. The van der Waals surface area contributed by atoms with Gasteiger partial charge in [0.25, 0.3) is 0 Å². The van der Waals surface area contributed by atoms with Crippen molar-refractivity contribution in [1.82, 2.24) is 0 Å². The number of nitriles is 2. The van der Waals surface area contributed by atoms with Crippen LogP contribution >= 0.6 is 22.6 Å². The van der Waals surface area contributed by atoms with Gasteiger partial charge < -0.3 is 14.6 Å². The summed E-state index contributed by atoms with van der Waals surface area (Å²) < 4.78 is 12.6. The largest absolute Gasteiger partial charge is 0.490 e. The highest BCUT2D eigenvalue weighted by molar-refractivity contribution is 14.1. The highest BCUT2D eigenvalue weighted by Crippen LogP contribution is 2.36. The second-order valence-corrected chi connectivity index (χ2v) is 8.04.